The number of aliphatic hydroxyl groups excluding tert-OH is 1. The molecule has 0 radical (unpaired) electrons. The first-order valence-corrected chi connectivity index (χ1v) is 6.00. The fourth-order valence-electron chi connectivity index (χ4n) is 2.55. The van der Waals surface area contributed by atoms with Gasteiger partial charge in [-0.1, -0.05) is 0 Å². The van der Waals surface area contributed by atoms with Gasteiger partial charge in [-0.15, -0.1) is 0 Å². The predicted octanol–water partition coefficient (Wildman–Crippen LogP) is 1.54. The maximum atomic E-state index is 13.5. The van der Waals surface area contributed by atoms with Gasteiger partial charge in [-0.25, -0.2) is 4.39 Å². The number of fused-ring (bicyclic) bond motifs is 1. The fraction of sp³-hybridized carbons (Fsp3) is 0.385. The second-order valence-corrected chi connectivity index (χ2v) is 4.54. The molecule has 4 nitrogen and oxygen atoms in total. The fourth-order valence-corrected chi connectivity index (χ4v) is 2.55. The second-order valence-electron chi connectivity index (χ2n) is 4.54. The first kappa shape index (κ1) is 11.3. The summed E-state index contributed by atoms with van der Waals surface area (Å²) in [6, 6.07) is 3.52. The first-order valence-electron chi connectivity index (χ1n) is 6.00. The van der Waals surface area contributed by atoms with Crippen molar-refractivity contribution in [2.75, 3.05) is 18.1 Å². The molecule has 1 aliphatic rings. The van der Waals surface area contributed by atoms with Crippen molar-refractivity contribution in [1.29, 1.82) is 0 Å². The number of pyridine rings is 2. The molecule has 18 heavy (non-hydrogen) atoms. The number of anilines is 1. The van der Waals surface area contributed by atoms with Gasteiger partial charge in [0.25, 0.3) is 0 Å². The molecular formula is C13H14FN3O. The van der Waals surface area contributed by atoms with Crippen LogP contribution >= 0.6 is 0 Å². The molecule has 2 aromatic heterocycles. The van der Waals surface area contributed by atoms with Crippen LogP contribution in [0.2, 0.25) is 0 Å². The number of rotatable bonds is 2. The van der Waals surface area contributed by atoms with E-state index in [1.54, 1.807) is 18.6 Å². The van der Waals surface area contributed by atoms with E-state index in [0.29, 0.717) is 13.0 Å². The topological polar surface area (TPSA) is 49.2 Å². The maximum absolute atomic E-state index is 13.5. The van der Waals surface area contributed by atoms with E-state index in [-0.39, 0.29) is 12.6 Å². The lowest BCUT2D eigenvalue weighted by atomic mass is 10.2. The zero-order valence-electron chi connectivity index (χ0n) is 9.83. The first-order chi connectivity index (χ1) is 8.79. The van der Waals surface area contributed by atoms with Gasteiger partial charge < -0.3 is 10.0 Å². The Labute approximate surface area is 104 Å². The smallest absolute Gasteiger partial charge is 0.120 e. The van der Waals surface area contributed by atoms with Gasteiger partial charge in [0.15, 0.2) is 0 Å². The molecule has 3 rings (SSSR count). The molecule has 0 amide bonds. The summed E-state index contributed by atoms with van der Waals surface area (Å²) in [6.45, 7) is 0.281. The van der Waals surface area contributed by atoms with E-state index in [1.165, 1.54) is 0 Å². The molecule has 0 spiro atoms. The molecule has 0 aromatic carbocycles. The van der Waals surface area contributed by atoms with E-state index in [9.17, 15) is 9.50 Å². The summed E-state index contributed by atoms with van der Waals surface area (Å²) in [6.07, 6.45) is 4.61. The van der Waals surface area contributed by atoms with Crippen LogP contribution in [0.3, 0.4) is 0 Å². The van der Waals surface area contributed by atoms with Crippen LogP contribution in [0.15, 0.2) is 30.7 Å². The third kappa shape index (κ3) is 1.80. The van der Waals surface area contributed by atoms with E-state index in [2.05, 4.69) is 9.97 Å². The van der Waals surface area contributed by atoms with E-state index in [0.717, 1.165) is 16.6 Å². The third-order valence-electron chi connectivity index (χ3n) is 3.40. The number of halogens is 1. The molecule has 2 atom stereocenters. The number of hydrogen-bond acceptors (Lipinski definition) is 4. The summed E-state index contributed by atoms with van der Waals surface area (Å²) in [5, 5.41) is 10.2. The minimum Gasteiger partial charge on any atom is -0.394 e. The second kappa shape index (κ2) is 4.49. The molecule has 2 aromatic rings. The van der Waals surface area contributed by atoms with Crippen LogP contribution in [0.25, 0.3) is 10.9 Å². The van der Waals surface area contributed by atoms with Crippen molar-refractivity contribution in [3.05, 3.63) is 30.7 Å². The van der Waals surface area contributed by atoms with Crippen LogP contribution in [-0.4, -0.2) is 40.4 Å². The quantitative estimate of drug-likeness (QED) is 0.874. The zero-order valence-corrected chi connectivity index (χ0v) is 9.83. The van der Waals surface area contributed by atoms with Gasteiger partial charge in [-0.2, -0.15) is 0 Å². The van der Waals surface area contributed by atoms with Crippen molar-refractivity contribution in [3.8, 4) is 0 Å². The third-order valence-corrected chi connectivity index (χ3v) is 3.40. The molecule has 3 heterocycles. The van der Waals surface area contributed by atoms with E-state index in [4.69, 9.17) is 0 Å². The summed E-state index contributed by atoms with van der Waals surface area (Å²) in [5.41, 5.74) is 1.73. The maximum Gasteiger partial charge on any atom is 0.120 e. The van der Waals surface area contributed by atoms with Crippen LogP contribution in [0, 0.1) is 0 Å². The molecule has 5 heteroatoms. The SMILES string of the molecule is OC[C@@H]1C[C@H](F)CN1c1ccnc2ccncc12. The van der Waals surface area contributed by atoms with Gasteiger partial charge >= 0.3 is 0 Å². The largest absolute Gasteiger partial charge is 0.394 e. The Morgan fingerprint density at radius 3 is 3.11 bits per heavy atom. The normalized spacial score (nSPS) is 23.8. The Hall–Kier alpha value is -1.75. The van der Waals surface area contributed by atoms with Crippen molar-refractivity contribution in [3.63, 3.8) is 0 Å². The van der Waals surface area contributed by atoms with Gasteiger partial charge in [0, 0.05) is 42.6 Å². The highest BCUT2D eigenvalue weighted by molar-refractivity contribution is 5.91. The molecule has 1 N–H and O–H groups in total. The summed E-state index contributed by atoms with van der Waals surface area (Å²) >= 11 is 0. The van der Waals surface area contributed by atoms with E-state index >= 15 is 0 Å². The van der Waals surface area contributed by atoms with Crippen LogP contribution < -0.4 is 4.90 Å². The van der Waals surface area contributed by atoms with Gasteiger partial charge in [-0.3, -0.25) is 9.97 Å². The number of nitrogens with zero attached hydrogens (tertiary/aromatic N) is 3. The highest BCUT2D eigenvalue weighted by atomic mass is 19.1. The van der Waals surface area contributed by atoms with Gasteiger partial charge in [0.05, 0.1) is 18.2 Å². The molecule has 1 saturated heterocycles. The Kier molecular flexibility index (Phi) is 2.83. The molecule has 0 aliphatic carbocycles. The Morgan fingerprint density at radius 2 is 2.28 bits per heavy atom. The van der Waals surface area contributed by atoms with Crippen molar-refractivity contribution < 1.29 is 9.50 Å². The molecule has 0 unspecified atom stereocenters. The lowest BCUT2D eigenvalue weighted by Gasteiger charge is -2.25. The molecule has 1 fully saturated rings. The highest BCUT2D eigenvalue weighted by Gasteiger charge is 2.32. The molecule has 94 valence electrons. The van der Waals surface area contributed by atoms with Crippen molar-refractivity contribution in [2.45, 2.75) is 18.6 Å². The minimum atomic E-state index is -0.887. The molecular weight excluding hydrogens is 233 g/mol. The summed E-state index contributed by atoms with van der Waals surface area (Å²) in [5.74, 6) is 0. The zero-order chi connectivity index (χ0) is 12.5. The Morgan fingerprint density at radius 1 is 1.39 bits per heavy atom. The highest BCUT2D eigenvalue weighted by Crippen LogP contribution is 2.31. The van der Waals surface area contributed by atoms with Crippen LogP contribution in [0.4, 0.5) is 10.1 Å². The minimum absolute atomic E-state index is 0.0372. The van der Waals surface area contributed by atoms with Crippen molar-refractivity contribution >= 4 is 16.6 Å². The predicted molar refractivity (Wildman–Crippen MR) is 67.3 cm³/mol. The number of aromatic nitrogens is 2. The van der Waals surface area contributed by atoms with Gasteiger partial charge in [0.1, 0.15) is 6.17 Å². The number of alkyl halides is 1. The van der Waals surface area contributed by atoms with Gasteiger partial charge in [-0.05, 0) is 12.1 Å². The number of aliphatic hydroxyl groups is 1. The average molecular weight is 247 g/mol. The van der Waals surface area contributed by atoms with E-state index < -0.39 is 6.17 Å². The summed E-state index contributed by atoms with van der Waals surface area (Å²) in [4.78, 5) is 10.3. The molecule has 1 aliphatic heterocycles. The molecule has 0 bridgehead atoms. The number of hydrogen-bond donors (Lipinski definition) is 1. The lowest BCUT2D eigenvalue weighted by molar-refractivity contribution is 0.256. The van der Waals surface area contributed by atoms with Gasteiger partial charge in [0.2, 0.25) is 0 Å². The average Bonchev–Trinajstić information content (AvgIpc) is 2.79. The van der Waals surface area contributed by atoms with Crippen molar-refractivity contribution in [1.82, 2.24) is 9.97 Å². The summed E-state index contributed by atoms with van der Waals surface area (Å²) < 4.78 is 13.5. The monoisotopic (exact) mass is 247 g/mol. The summed E-state index contributed by atoms with van der Waals surface area (Å²) in [7, 11) is 0. The van der Waals surface area contributed by atoms with Crippen molar-refractivity contribution in [2.24, 2.45) is 0 Å². The van der Waals surface area contributed by atoms with Crippen LogP contribution in [0.1, 0.15) is 6.42 Å². The standard InChI is InChI=1S/C13H14FN3O/c14-9-5-10(8-18)17(7-9)13-2-4-16-12-1-3-15-6-11(12)13/h1-4,6,9-10,18H,5,7-8H2/t9-,10-/m0/s1. The van der Waals surface area contributed by atoms with E-state index in [1.807, 2.05) is 17.0 Å². The Bertz CT molecular complexity index is 557. The Balaban J connectivity index is 2.08. The lowest BCUT2D eigenvalue weighted by Crippen LogP contribution is -2.32. The molecule has 0 saturated carbocycles. The van der Waals surface area contributed by atoms with Crippen LogP contribution in [-0.2, 0) is 0 Å². The van der Waals surface area contributed by atoms with Crippen LogP contribution in [0.5, 0.6) is 0 Å².